The number of nitrogens with one attached hydrogen (secondary N) is 1. The number of carbonyl (C=O) groups excluding carboxylic acids is 1. The van der Waals surface area contributed by atoms with E-state index in [0.29, 0.717) is 12.8 Å². The van der Waals surface area contributed by atoms with Gasteiger partial charge in [0.25, 0.3) is 0 Å². The Bertz CT molecular complexity index is 1900. The number of allylic oxidation sites excluding steroid dienone is 9. The summed E-state index contributed by atoms with van der Waals surface area (Å²) in [7, 11) is 0. The van der Waals surface area contributed by atoms with E-state index in [4.69, 9.17) is 18.9 Å². The highest BCUT2D eigenvalue weighted by atomic mass is 16.7. The molecular weight excluding hydrogens is 1240 g/mol. The van der Waals surface area contributed by atoms with E-state index >= 15 is 0 Å². The first-order valence-electron chi connectivity index (χ1n) is 42.0. The highest BCUT2D eigenvalue weighted by molar-refractivity contribution is 5.76. The van der Waals surface area contributed by atoms with Gasteiger partial charge in [-0.25, -0.2) is 0 Å². The largest absolute Gasteiger partial charge is 0.394 e. The molecule has 2 rings (SSSR count). The van der Waals surface area contributed by atoms with Gasteiger partial charge in [-0.3, -0.25) is 4.79 Å². The van der Waals surface area contributed by atoms with Crippen molar-refractivity contribution in [1.29, 1.82) is 0 Å². The van der Waals surface area contributed by atoms with Crippen molar-refractivity contribution in [3.05, 3.63) is 60.8 Å². The number of aliphatic hydroxyl groups is 8. The normalized spacial score (nSPS) is 22.2. The number of unbranched alkanes of at least 4 members (excludes halogenated alkanes) is 50. The van der Waals surface area contributed by atoms with Gasteiger partial charge in [-0.15, -0.1) is 0 Å². The SMILES string of the molecule is CCCCCCC/C=C\C/C=C\CCCCCCCCCCCCCCCCCCCCCCCCCCCCCCCC(=O)NC(COC1OC(CO)C(OC2OC(CO)C(O)C(O)C2O)C(O)C1O)C(O)/C=C/CC/C=C/CC/C=C/CCCCCCCCCCCCCCCC. The van der Waals surface area contributed by atoms with Crippen LogP contribution in [0.25, 0.3) is 0 Å². The van der Waals surface area contributed by atoms with Crippen molar-refractivity contribution in [1.82, 2.24) is 5.32 Å². The molecule has 14 nitrogen and oxygen atoms in total. The molecule has 2 aliphatic heterocycles. The van der Waals surface area contributed by atoms with Gasteiger partial charge in [0.1, 0.15) is 48.8 Å². The molecular formula is C85H157NO13. The Hall–Kier alpha value is -2.31. The summed E-state index contributed by atoms with van der Waals surface area (Å²) in [6, 6.07) is -0.940. The van der Waals surface area contributed by atoms with E-state index in [1.54, 1.807) is 6.08 Å². The molecule has 0 spiro atoms. The van der Waals surface area contributed by atoms with Gasteiger partial charge < -0.3 is 65.1 Å². The maximum Gasteiger partial charge on any atom is 0.220 e. The molecule has 0 saturated carbocycles. The van der Waals surface area contributed by atoms with E-state index in [9.17, 15) is 45.6 Å². The van der Waals surface area contributed by atoms with Crippen LogP contribution in [-0.2, 0) is 23.7 Å². The number of rotatable bonds is 71. The van der Waals surface area contributed by atoms with Crippen LogP contribution in [0.2, 0.25) is 0 Å². The lowest BCUT2D eigenvalue weighted by Crippen LogP contribution is -2.65. The number of carbonyl (C=O) groups is 1. The molecule has 1 amide bonds. The van der Waals surface area contributed by atoms with Crippen LogP contribution < -0.4 is 5.32 Å². The van der Waals surface area contributed by atoms with Crippen LogP contribution in [0.15, 0.2) is 60.8 Å². The van der Waals surface area contributed by atoms with Crippen molar-refractivity contribution in [2.45, 2.75) is 453 Å². The second-order valence-corrected chi connectivity index (χ2v) is 29.6. The smallest absolute Gasteiger partial charge is 0.220 e. The van der Waals surface area contributed by atoms with Crippen LogP contribution in [0.5, 0.6) is 0 Å². The average molecular weight is 1400 g/mol. The standard InChI is InChI=1S/C85H157NO13/c1-3-5-7-9-11-13-15-17-19-21-23-25-27-29-30-31-32-33-34-35-36-37-38-39-40-41-42-43-44-45-47-49-51-53-55-57-59-61-63-65-67-69-77(90)86-73(72-96-84-82(95)80(93)83(76(71-88)98-84)99-85-81(94)79(92)78(91)75(70-87)97-85)74(89)68-66-64-62-60-58-56-54-52-50-48-46-28-26-24-22-20-18-16-14-12-10-8-6-4-2/h15,17,21,23,50,52,58,60,66,68,73-76,78-85,87-89,91-95H,3-14,16,18-20,22,24-49,51,53-57,59,61-65,67,69-72H2,1-2H3,(H,86,90)/b17-15-,23-21-,52-50+,60-58+,68-66+. The molecule has 0 aromatic carbocycles. The van der Waals surface area contributed by atoms with Crippen molar-refractivity contribution < 1.29 is 64.6 Å². The lowest BCUT2D eigenvalue weighted by atomic mass is 9.97. The second-order valence-electron chi connectivity index (χ2n) is 29.6. The average Bonchev–Trinajstić information content (AvgIpc) is 0.799. The molecule has 99 heavy (non-hydrogen) atoms. The maximum atomic E-state index is 13.4. The molecule has 12 atom stereocenters. The van der Waals surface area contributed by atoms with E-state index in [0.717, 1.165) is 51.4 Å². The Morgan fingerprint density at radius 3 is 1.05 bits per heavy atom. The van der Waals surface area contributed by atoms with E-state index in [-0.39, 0.29) is 18.9 Å². The van der Waals surface area contributed by atoms with E-state index < -0.39 is 86.8 Å². The minimum atomic E-state index is -1.79. The van der Waals surface area contributed by atoms with Crippen LogP contribution in [0.4, 0.5) is 0 Å². The number of amides is 1. The van der Waals surface area contributed by atoms with Gasteiger partial charge in [-0.05, 0) is 77.0 Å². The quantitative estimate of drug-likeness (QED) is 0.0204. The van der Waals surface area contributed by atoms with Crippen LogP contribution in [0, 0.1) is 0 Å². The zero-order valence-corrected chi connectivity index (χ0v) is 63.7. The van der Waals surface area contributed by atoms with Gasteiger partial charge in [-0.1, -0.05) is 357 Å². The zero-order valence-electron chi connectivity index (χ0n) is 63.7. The van der Waals surface area contributed by atoms with Gasteiger partial charge in [0.15, 0.2) is 12.6 Å². The molecule has 0 bridgehead atoms. The van der Waals surface area contributed by atoms with Crippen molar-refractivity contribution in [3.63, 3.8) is 0 Å². The Morgan fingerprint density at radius 2 is 0.677 bits per heavy atom. The lowest BCUT2D eigenvalue weighted by Gasteiger charge is -2.46. The Balaban J connectivity index is 1.57. The predicted molar refractivity (Wildman–Crippen MR) is 411 cm³/mol. The van der Waals surface area contributed by atoms with Crippen LogP contribution >= 0.6 is 0 Å². The summed E-state index contributed by atoms with van der Waals surface area (Å²) >= 11 is 0. The monoisotopic (exact) mass is 1400 g/mol. The van der Waals surface area contributed by atoms with Crippen molar-refractivity contribution in [2.75, 3.05) is 19.8 Å². The molecule has 2 heterocycles. The fourth-order valence-electron chi connectivity index (χ4n) is 13.8. The zero-order chi connectivity index (χ0) is 71.5. The summed E-state index contributed by atoms with van der Waals surface area (Å²) in [5.74, 6) is -0.246. The number of ether oxygens (including phenoxy) is 4. The number of aliphatic hydroxyl groups excluding tert-OH is 8. The summed E-state index contributed by atoms with van der Waals surface area (Å²) in [6.07, 6.45) is 77.6. The Kier molecular flexibility index (Phi) is 64.5. The number of hydrogen-bond donors (Lipinski definition) is 9. The van der Waals surface area contributed by atoms with Gasteiger partial charge in [0.2, 0.25) is 5.91 Å². The first-order valence-corrected chi connectivity index (χ1v) is 42.0. The molecule has 9 N–H and O–H groups in total. The first-order chi connectivity index (χ1) is 48.6. The Labute approximate surface area is 606 Å². The fourth-order valence-corrected chi connectivity index (χ4v) is 13.8. The summed E-state index contributed by atoms with van der Waals surface area (Å²) < 4.78 is 22.9. The van der Waals surface area contributed by atoms with Crippen LogP contribution in [0.1, 0.15) is 380 Å². The minimum Gasteiger partial charge on any atom is -0.394 e. The van der Waals surface area contributed by atoms with Crippen LogP contribution in [-0.4, -0.2) is 140 Å². The van der Waals surface area contributed by atoms with E-state index in [1.165, 1.54) is 295 Å². The van der Waals surface area contributed by atoms with Crippen LogP contribution in [0.3, 0.4) is 0 Å². The van der Waals surface area contributed by atoms with Crippen molar-refractivity contribution in [3.8, 4) is 0 Å². The molecule has 580 valence electrons. The molecule has 2 saturated heterocycles. The highest BCUT2D eigenvalue weighted by Crippen LogP contribution is 2.30. The fraction of sp³-hybridized carbons (Fsp3) is 0.871. The van der Waals surface area contributed by atoms with E-state index in [2.05, 4.69) is 67.8 Å². The van der Waals surface area contributed by atoms with Gasteiger partial charge in [0.05, 0.1) is 32.0 Å². The molecule has 0 aromatic rings. The summed E-state index contributed by atoms with van der Waals surface area (Å²) in [6.45, 7) is 2.82. The van der Waals surface area contributed by atoms with Gasteiger partial charge >= 0.3 is 0 Å². The van der Waals surface area contributed by atoms with Gasteiger partial charge in [0, 0.05) is 6.42 Å². The third-order valence-electron chi connectivity index (χ3n) is 20.4. The third-order valence-corrected chi connectivity index (χ3v) is 20.4. The highest BCUT2D eigenvalue weighted by Gasteiger charge is 2.51. The van der Waals surface area contributed by atoms with E-state index in [1.807, 2.05) is 6.08 Å². The van der Waals surface area contributed by atoms with Gasteiger partial charge in [-0.2, -0.15) is 0 Å². The summed E-state index contributed by atoms with van der Waals surface area (Å²) in [4.78, 5) is 13.4. The minimum absolute atomic E-state index is 0.246. The van der Waals surface area contributed by atoms with Crippen molar-refractivity contribution in [2.24, 2.45) is 0 Å². The molecule has 14 heteroatoms. The summed E-state index contributed by atoms with van der Waals surface area (Å²) in [5, 5.41) is 87.6. The summed E-state index contributed by atoms with van der Waals surface area (Å²) in [5.41, 5.74) is 0. The Morgan fingerprint density at radius 1 is 0.364 bits per heavy atom. The molecule has 2 fully saturated rings. The molecule has 2 aliphatic rings. The first kappa shape index (κ1) is 92.8. The number of hydrogen-bond acceptors (Lipinski definition) is 13. The lowest BCUT2D eigenvalue weighted by molar-refractivity contribution is -0.359. The molecule has 0 aliphatic carbocycles. The third kappa shape index (κ3) is 51.5. The predicted octanol–water partition coefficient (Wildman–Crippen LogP) is 19.5. The molecule has 0 radical (unpaired) electrons. The molecule has 12 unspecified atom stereocenters. The molecule has 0 aromatic heterocycles. The topological polar surface area (TPSA) is 228 Å². The van der Waals surface area contributed by atoms with Crippen molar-refractivity contribution >= 4 is 5.91 Å². The second kappa shape index (κ2) is 68.8. The maximum absolute atomic E-state index is 13.4.